The Morgan fingerprint density at radius 1 is 1.12 bits per heavy atom. The summed E-state index contributed by atoms with van der Waals surface area (Å²) in [5.74, 6) is 2.15. The van der Waals surface area contributed by atoms with Crippen molar-refractivity contribution in [1.82, 2.24) is 5.32 Å². The quantitative estimate of drug-likeness (QED) is 0.225. The number of methoxy groups -OCH3 is 1. The molecule has 0 aliphatic carbocycles. The van der Waals surface area contributed by atoms with E-state index in [4.69, 9.17) is 14.2 Å². The first-order chi connectivity index (χ1) is 11.7. The summed E-state index contributed by atoms with van der Waals surface area (Å²) < 4.78 is 16.4. The van der Waals surface area contributed by atoms with Gasteiger partial charge < -0.3 is 24.8 Å². The van der Waals surface area contributed by atoms with Gasteiger partial charge in [0.15, 0.2) is 17.5 Å². The van der Waals surface area contributed by atoms with Crippen LogP contribution in [-0.4, -0.2) is 46.5 Å². The zero-order valence-corrected chi connectivity index (χ0v) is 18.1. The monoisotopic (exact) mass is 465 g/mol. The Bertz CT molecular complexity index is 498. The molecule has 0 atom stereocenters. The molecule has 1 aromatic carbocycles. The van der Waals surface area contributed by atoms with Crippen molar-refractivity contribution in [2.75, 3.05) is 45.8 Å². The van der Waals surface area contributed by atoms with Crippen LogP contribution in [-0.2, 0) is 4.74 Å². The first-order valence-electron chi connectivity index (χ1n) is 8.61. The molecule has 25 heavy (non-hydrogen) atoms. The molecule has 2 N–H and O–H groups in total. The van der Waals surface area contributed by atoms with Gasteiger partial charge in [-0.1, -0.05) is 13.3 Å². The fourth-order valence-electron chi connectivity index (χ4n) is 2.07. The standard InChI is InChI=1S/C18H31N3O3.HI/c1-5-7-12-23-13-8-11-20-18(19-3)21-15-9-10-16(24-6-2)17(14-15)22-4;/h9-10,14H,5-8,11-13H2,1-4H3,(H2,19,20,21);1H. The molecule has 0 aromatic heterocycles. The molecule has 0 radical (unpaired) electrons. The molecule has 0 unspecified atom stereocenters. The average molecular weight is 465 g/mol. The van der Waals surface area contributed by atoms with Gasteiger partial charge in [-0.15, -0.1) is 24.0 Å². The molecule has 0 bridgehead atoms. The summed E-state index contributed by atoms with van der Waals surface area (Å²) in [6, 6.07) is 5.72. The van der Waals surface area contributed by atoms with Gasteiger partial charge in [-0.3, -0.25) is 4.99 Å². The average Bonchev–Trinajstić information content (AvgIpc) is 2.61. The van der Waals surface area contributed by atoms with E-state index >= 15 is 0 Å². The van der Waals surface area contributed by atoms with E-state index in [0.717, 1.165) is 50.0 Å². The van der Waals surface area contributed by atoms with Crippen molar-refractivity contribution in [3.8, 4) is 11.5 Å². The summed E-state index contributed by atoms with van der Waals surface area (Å²) in [6.07, 6.45) is 3.23. The predicted octanol–water partition coefficient (Wildman–Crippen LogP) is 3.91. The van der Waals surface area contributed by atoms with Crippen LogP contribution < -0.4 is 20.1 Å². The van der Waals surface area contributed by atoms with Gasteiger partial charge in [-0.25, -0.2) is 0 Å². The lowest BCUT2D eigenvalue weighted by atomic mass is 10.2. The van der Waals surface area contributed by atoms with Crippen molar-refractivity contribution < 1.29 is 14.2 Å². The summed E-state index contributed by atoms with van der Waals surface area (Å²) in [5.41, 5.74) is 0.891. The van der Waals surface area contributed by atoms with Gasteiger partial charge in [-0.2, -0.15) is 0 Å². The molecule has 0 amide bonds. The highest BCUT2D eigenvalue weighted by Crippen LogP contribution is 2.30. The van der Waals surface area contributed by atoms with Gasteiger partial charge in [0.05, 0.1) is 13.7 Å². The van der Waals surface area contributed by atoms with E-state index in [1.165, 1.54) is 6.42 Å². The van der Waals surface area contributed by atoms with E-state index < -0.39 is 0 Å². The smallest absolute Gasteiger partial charge is 0.195 e. The summed E-state index contributed by atoms with van der Waals surface area (Å²) in [7, 11) is 3.38. The molecule has 7 heteroatoms. The maximum absolute atomic E-state index is 5.54. The molecular weight excluding hydrogens is 433 g/mol. The summed E-state index contributed by atoms with van der Waals surface area (Å²) in [4.78, 5) is 4.23. The van der Waals surface area contributed by atoms with Crippen molar-refractivity contribution in [2.24, 2.45) is 4.99 Å². The lowest BCUT2D eigenvalue weighted by Crippen LogP contribution is -2.31. The number of hydrogen-bond donors (Lipinski definition) is 2. The topological polar surface area (TPSA) is 64.1 Å². The molecule has 0 saturated carbocycles. The lowest BCUT2D eigenvalue weighted by Gasteiger charge is -2.14. The van der Waals surface area contributed by atoms with Gasteiger partial charge in [0.25, 0.3) is 0 Å². The fraction of sp³-hybridized carbons (Fsp3) is 0.611. The van der Waals surface area contributed by atoms with Crippen LogP contribution in [0.25, 0.3) is 0 Å². The zero-order valence-electron chi connectivity index (χ0n) is 15.8. The molecule has 0 saturated heterocycles. The lowest BCUT2D eigenvalue weighted by molar-refractivity contribution is 0.129. The van der Waals surface area contributed by atoms with Crippen LogP contribution in [0.5, 0.6) is 11.5 Å². The number of unbranched alkanes of at least 4 members (excludes halogenated alkanes) is 1. The Labute approximate surface area is 168 Å². The van der Waals surface area contributed by atoms with Crippen LogP contribution in [0, 0.1) is 0 Å². The molecule has 6 nitrogen and oxygen atoms in total. The van der Waals surface area contributed by atoms with Gasteiger partial charge in [-0.05, 0) is 31.9 Å². The van der Waals surface area contributed by atoms with Crippen molar-refractivity contribution in [1.29, 1.82) is 0 Å². The minimum absolute atomic E-state index is 0. The second-order valence-corrected chi connectivity index (χ2v) is 5.24. The van der Waals surface area contributed by atoms with Crippen LogP contribution in [0.15, 0.2) is 23.2 Å². The van der Waals surface area contributed by atoms with E-state index in [1.807, 2.05) is 25.1 Å². The number of nitrogens with one attached hydrogen (secondary N) is 2. The van der Waals surface area contributed by atoms with Gasteiger partial charge >= 0.3 is 0 Å². The molecule has 144 valence electrons. The highest BCUT2D eigenvalue weighted by atomic mass is 127. The molecule has 1 rings (SSSR count). The van der Waals surface area contributed by atoms with Gasteiger partial charge in [0, 0.05) is 38.6 Å². The number of rotatable bonds is 11. The first kappa shape index (κ1) is 23.8. The summed E-state index contributed by atoms with van der Waals surface area (Å²) >= 11 is 0. The number of guanidine groups is 1. The number of halogens is 1. The Morgan fingerprint density at radius 2 is 1.88 bits per heavy atom. The summed E-state index contributed by atoms with van der Waals surface area (Å²) in [6.45, 7) is 7.13. The largest absolute Gasteiger partial charge is 0.493 e. The highest BCUT2D eigenvalue weighted by Gasteiger charge is 2.06. The number of nitrogens with zero attached hydrogens (tertiary/aromatic N) is 1. The van der Waals surface area contributed by atoms with E-state index in [0.29, 0.717) is 12.4 Å². The van der Waals surface area contributed by atoms with Crippen molar-refractivity contribution in [2.45, 2.75) is 33.1 Å². The number of hydrogen-bond acceptors (Lipinski definition) is 4. The van der Waals surface area contributed by atoms with Crippen LogP contribution in [0.4, 0.5) is 5.69 Å². The first-order valence-corrected chi connectivity index (χ1v) is 8.61. The van der Waals surface area contributed by atoms with E-state index in [2.05, 4.69) is 22.5 Å². The van der Waals surface area contributed by atoms with Crippen LogP contribution in [0.2, 0.25) is 0 Å². The maximum atomic E-state index is 5.54. The maximum Gasteiger partial charge on any atom is 0.195 e. The zero-order chi connectivity index (χ0) is 17.6. The fourth-order valence-corrected chi connectivity index (χ4v) is 2.07. The number of anilines is 1. The second-order valence-electron chi connectivity index (χ2n) is 5.24. The molecular formula is C18H32IN3O3. The number of aliphatic imine (C=N–C) groups is 1. The molecule has 0 aliphatic rings. The minimum atomic E-state index is 0. The Hall–Kier alpha value is -1.22. The minimum Gasteiger partial charge on any atom is -0.493 e. The van der Waals surface area contributed by atoms with Crippen LogP contribution >= 0.6 is 24.0 Å². The molecule has 0 aliphatic heterocycles. The SMILES string of the molecule is CCCCOCCCNC(=NC)Nc1ccc(OCC)c(OC)c1.I. The van der Waals surface area contributed by atoms with E-state index in [9.17, 15) is 0 Å². The molecule has 1 aromatic rings. The Morgan fingerprint density at radius 3 is 2.52 bits per heavy atom. The van der Waals surface area contributed by atoms with E-state index in [1.54, 1.807) is 14.2 Å². The number of benzene rings is 1. The molecule has 0 heterocycles. The van der Waals surface area contributed by atoms with Crippen LogP contribution in [0.1, 0.15) is 33.1 Å². The highest BCUT2D eigenvalue weighted by molar-refractivity contribution is 14.0. The third-order valence-corrected chi connectivity index (χ3v) is 3.35. The predicted molar refractivity (Wildman–Crippen MR) is 115 cm³/mol. The van der Waals surface area contributed by atoms with Crippen molar-refractivity contribution in [3.05, 3.63) is 18.2 Å². The van der Waals surface area contributed by atoms with Gasteiger partial charge in [0.1, 0.15) is 0 Å². The van der Waals surface area contributed by atoms with Gasteiger partial charge in [0.2, 0.25) is 0 Å². The normalized spacial score (nSPS) is 10.8. The molecule has 0 fully saturated rings. The molecule has 0 spiro atoms. The number of ether oxygens (including phenoxy) is 3. The van der Waals surface area contributed by atoms with Crippen LogP contribution in [0.3, 0.4) is 0 Å². The van der Waals surface area contributed by atoms with Crippen molar-refractivity contribution in [3.63, 3.8) is 0 Å². The third kappa shape index (κ3) is 9.74. The Balaban J connectivity index is 0.00000576. The Kier molecular flexibility index (Phi) is 14.3. The van der Waals surface area contributed by atoms with E-state index in [-0.39, 0.29) is 24.0 Å². The second kappa shape index (κ2) is 15.1. The third-order valence-electron chi connectivity index (χ3n) is 3.35. The van der Waals surface area contributed by atoms with Crippen molar-refractivity contribution >= 4 is 35.6 Å². The summed E-state index contributed by atoms with van der Waals surface area (Å²) in [5, 5.41) is 6.52.